The molecule has 2 fully saturated rings. The van der Waals surface area contributed by atoms with Crippen LogP contribution in [-0.4, -0.2) is 52.0 Å². The van der Waals surface area contributed by atoms with E-state index >= 15 is 0 Å². The molecule has 0 bridgehead atoms. The Hall–Kier alpha value is -1.83. The lowest BCUT2D eigenvalue weighted by molar-refractivity contribution is -0.0202. The van der Waals surface area contributed by atoms with Gasteiger partial charge in [-0.25, -0.2) is 17.6 Å². The molecule has 2 aliphatic rings. The lowest BCUT2D eigenvalue weighted by Crippen LogP contribution is -2.49. The lowest BCUT2D eigenvalue weighted by atomic mass is 9.56. The van der Waals surface area contributed by atoms with Crippen molar-refractivity contribution in [3.05, 3.63) is 24.0 Å². The number of rotatable bonds is 7. The number of carbonyl (C=O) groups is 1. The molecule has 1 aromatic carbocycles. The van der Waals surface area contributed by atoms with Crippen molar-refractivity contribution in [3.8, 4) is 5.75 Å². The number of benzene rings is 1. The Morgan fingerprint density at radius 2 is 1.88 bits per heavy atom. The van der Waals surface area contributed by atoms with Crippen molar-refractivity contribution >= 4 is 15.9 Å². The molecule has 1 heterocycles. The van der Waals surface area contributed by atoms with Crippen LogP contribution in [0.5, 0.6) is 5.75 Å². The van der Waals surface area contributed by atoms with Crippen molar-refractivity contribution in [2.45, 2.75) is 64.2 Å². The van der Waals surface area contributed by atoms with Crippen LogP contribution < -0.4 is 4.74 Å². The molecule has 1 saturated carbocycles. The highest BCUT2D eigenvalue weighted by Crippen LogP contribution is 2.54. The standard InChI is InChI=1S/C24H36FNO5S/c1-23(2,3)17-31-22(27)26-11-9-24(10-12-26)15-18(16-24)6-5-13-30-21-8-7-19(14-20(21)25)32(4,28)29/h7-8,14,18H,5-6,9-13,15-17H2,1-4H3. The molecule has 1 aromatic rings. The maximum atomic E-state index is 14.1. The largest absolute Gasteiger partial charge is 0.491 e. The molecule has 32 heavy (non-hydrogen) atoms. The quantitative estimate of drug-likeness (QED) is 0.522. The van der Waals surface area contributed by atoms with Gasteiger partial charge in [-0.2, -0.15) is 0 Å². The molecular formula is C24H36FNO5S. The summed E-state index contributed by atoms with van der Waals surface area (Å²) in [6.07, 6.45) is 7.13. The van der Waals surface area contributed by atoms with Crippen molar-refractivity contribution in [1.82, 2.24) is 4.90 Å². The number of halogens is 1. The Labute approximate surface area is 191 Å². The molecule has 1 saturated heterocycles. The number of carbonyl (C=O) groups excluding carboxylic acids is 1. The van der Waals surface area contributed by atoms with Crippen LogP contribution in [0.3, 0.4) is 0 Å². The van der Waals surface area contributed by atoms with Gasteiger partial charge in [-0.05, 0) is 73.5 Å². The average Bonchev–Trinajstić information content (AvgIpc) is 2.68. The predicted octanol–water partition coefficient (Wildman–Crippen LogP) is 5.06. The van der Waals surface area contributed by atoms with Gasteiger partial charge >= 0.3 is 6.09 Å². The van der Waals surface area contributed by atoms with E-state index in [0.29, 0.717) is 24.5 Å². The fourth-order valence-corrected chi connectivity index (χ4v) is 5.33. The molecule has 0 unspecified atom stereocenters. The third kappa shape index (κ3) is 6.59. The summed E-state index contributed by atoms with van der Waals surface area (Å²) in [5.41, 5.74) is 0.336. The second kappa shape index (κ2) is 9.57. The number of sulfone groups is 1. The van der Waals surface area contributed by atoms with Crippen LogP contribution in [0.4, 0.5) is 9.18 Å². The summed E-state index contributed by atoms with van der Waals surface area (Å²) in [4.78, 5) is 14.0. The Balaban J connectivity index is 1.33. The maximum absolute atomic E-state index is 14.1. The van der Waals surface area contributed by atoms with E-state index in [2.05, 4.69) is 20.8 Å². The van der Waals surface area contributed by atoms with E-state index in [1.165, 1.54) is 25.0 Å². The molecule has 0 radical (unpaired) electrons. The van der Waals surface area contributed by atoms with Crippen LogP contribution in [0.1, 0.15) is 59.3 Å². The summed E-state index contributed by atoms with van der Waals surface area (Å²) in [6, 6.07) is 3.75. The van der Waals surface area contributed by atoms with Gasteiger partial charge in [0.2, 0.25) is 0 Å². The highest BCUT2D eigenvalue weighted by molar-refractivity contribution is 7.90. The molecule has 1 amide bonds. The average molecular weight is 470 g/mol. The molecule has 8 heteroatoms. The van der Waals surface area contributed by atoms with Crippen molar-refractivity contribution in [2.24, 2.45) is 16.7 Å². The van der Waals surface area contributed by atoms with Gasteiger partial charge in [-0.1, -0.05) is 20.8 Å². The number of amides is 1. The molecular weight excluding hydrogens is 433 g/mol. The minimum atomic E-state index is -3.43. The molecule has 6 nitrogen and oxygen atoms in total. The van der Waals surface area contributed by atoms with Gasteiger partial charge in [-0.3, -0.25) is 0 Å². The van der Waals surface area contributed by atoms with E-state index in [-0.39, 0.29) is 22.2 Å². The Bertz CT molecular complexity index is 909. The Kier molecular flexibility index (Phi) is 7.42. The molecule has 1 spiro atoms. The van der Waals surface area contributed by atoms with E-state index in [1.54, 1.807) is 0 Å². The first-order valence-corrected chi connectivity index (χ1v) is 13.3. The van der Waals surface area contributed by atoms with Crippen LogP contribution in [0, 0.1) is 22.6 Å². The summed E-state index contributed by atoms with van der Waals surface area (Å²) < 4.78 is 48.0. The molecule has 0 N–H and O–H groups in total. The third-order valence-corrected chi connectivity index (χ3v) is 7.61. The molecule has 0 aromatic heterocycles. The summed E-state index contributed by atoms with van der Waals surface area (Å²) in [5, 5.41) is 0. The lowest BCUT2D eigenvalue weighted by Gasteiger charge is -2.52. The summed E-state index contributed by atoms with van der Waals surface area (Å²) in [7, 11) is -3.43. The van der Waals surface area contributed by atoms with Gasteiger partial charge < -0.3 is 14.4 Å². The van der Waals surface area contributed by atoms with Crippen molar-refractivity contribution in [1.29, 1.82) is 0 Å². The second-order valence-corrected chi connectivity index (χ2v) is 12.7. The highest BCUT2D eigenvalue weighted by atomic mass is 32.2. The topological polar surface area (TPSA) is 72.9 Å². The van der Waals surface area contributed by atoms with Crippen LogP contribution in [0.15, 0.2) is 23.1 Å². The van der Waals surface area contributed by atoms with Crippen LogP contribution in [0.25, 0.3) is 0 Å². The zero-order valence-corrected chi connectivity index (χ0v) is 20.5. The second-order valence-electron chi connectivity index (χ2n) is 10.7. The summed E-state index contributed by atoms with van der Waals surface area (Å²) in [5.74, 6) is 0.0898. The smallest absolute Gasteiger partial charge is 0.409 e. The first-order chi connectivity index (χ1) is 14.9. The molecule has 1 aliphatic heterocycles. The Morgan fingerprint density at radius 1 is 1.22 bits per heavy atom. The van der Waals surface area contributed by atoms with Crippen LogP contribution in [0.2, 0.25) is 0 Å². The third-order valence-electron chi connectivity index (χ3n) is 6.50. The van der Waals surface area contributed by atoms with Gasteiger partial charge in [0.1, 0.15) is 0 Å². The predicted molar refractivity (Wildman–Crippen MR) is 121 cm³/mol. The maximum Gasteiger partial charge on any atom is 0.409 e. The fraction of sp³-hybridized carbons (Fsp3) is 0.708. The van der Waals surface area contributed by atoms with E-state index < -0.39 is 15.7 Å². The van der Waals surface area contributed by atoms with E-state index in [1.807, 2.05) is 4.90 Å². The van der Waals surface area contributed by atoms with Gasteiger partial charge in [0.05, 0.1) is 18.1 Å². The first-order valence-electron chi connectivity index (χ1n) is 11.4. The molecule has 180 valence electrons. The zero-order valence-electron chi connectivity index (χ0n) is 19.7. The fourth-order valence-electron chi connectivity index (χ4n) is 4.69. The van der Waals surface area contributed by atoms with E-state index in [0.717, 1.165) is 51.1 Å². The molecule has 1 aliphatic carbocycles. The van der Waals surface area contributed by atoms with Gasteiger partial charge in [0, 0.05) is 19.3 Å². The monoisotopic (exact) mass is 469 g/mol. The van der Waals surface area contributed by atoms with Gasteiger partial charge in [0.15, 0.2) is 21.4 Å². The highest BCUT2D eigenvalue weighted by Gasteiger charge is 2.46. The van der Waals surface area contributed by atoms with Crippen LogP contribution >= 0.6 is 0 Å². The molecule has 0 atom stereocenters. The van der Waals surface area contributed by atoms with Gasteiger partial charge in [-0.15, -0.1) is 0 Å². The van der Waals surface area contributed by atoms with Crippen molar-refractivity contribution < 1.29 is 27.1 Å². The van der Waals surface area contributed by atoms with Crippen molar-refractivity contribution in [3.63, 3.8) is 0 Å². The normalized spacial score (nSPS) is 19.0. The van der Waals surface area contributed by atoms with E-state index in [4.69, 9.17) is 9.47 Å². The summed E-state index contributed by atoms with van der Waals surface area (Å²) in [6.45, 7) is 8.53. The number of piperidine rings is 1. The number of ether oxygens (including phenoxy) is 2. The van der Waals surface area contributed by atoms with Crippen LogP contribution in [-0.2, 0) is 14.6 Å². The summed E-state index contributed by atoms with van der Waals surface area (Å²) >= 11 is 0. The number of hydrogen-bond donors (Lipinski definition) is 0. The number of hydrogen-bond acceptors (Lipinski definition) is 5. The van der Waals surface area contributed by atoms with E-state index in [9.17, 15) is 17.6 Å². The molecule has 3 rings (SSSR count). The SMILES string of the molecule is CC(C)(C)COC(=O)N1CCC2(CC1)CC(CCCOc1ccc(S(C)(=O)=O)cc1F)C2. The van der Waals surface area contributed by atoms with Gasteiger partial charge in [0.25, 0.3) is 0 Å². The minimum absolute atomic E-state index is 0.0248. The van der Waals surface area contributed by atoms with Crippen molar-refractivity contribution in [2.75, 3.05) is 32.6 Å². The number of likely N-dealkylation sites (tertiary alicyclic amines) is 1. The number of nitrogens with zero attached hydrogens (tertiary/aromatic N) is 1. The Morgan fingerprint density at radius 3 is 2.44 bits per heavy atom. The first kappa shape index (κ1) is 24.8. The zero-order chi connectivity index (χ0) is 23.6. The minimum Gasteiger partial charge on any atom is -0.491 e.